The van der Waals surface area contributed by atoms with Crippen LogP contribution in [0, 0.1) is 11.6 Å². The number of nitrogens with two attached hydrogens (primary N) is 1. The van der Waals surface area contributed by atoms with Gasteiger partial charge in [0.05, 0.1) is 0 Å². The lowest BCUT2D eigenvalue weighted by atomic mass is 9.99. The number of hydrogen-bond acceptors (Lipinski definition) is 1. The first-order valence-corrected chi connectivity index (χ1v) is 5.39. The Morgan fingerprint density at radius 3 is 2.75 bits per heavy atom. The summed E-state index contributed by atoms with van der Waals surface area (Å²) in [5, 5.41) is 0. The van der Waals surface area contributed by atoms with E-state index in [9.17, 15) is 8.78 Å². The van der Waals surface area contributed by atoms with Gasteiger partial charge in [-0.3, -0.25) is 0 Å². The molecule has 0 aliphatic rings. The van der Waals surface area contributed by atoms with Crippen molar-refractivity contribution in [2.24, 2.45) is 5.73 Å². The Morgan fingerprint density at radius 1 is 1.44 bits per heavy atom. The highest BCUT2D eigenvalue weighted by Crippen LogP contribution is 2.15. The van der Waals surface area contributed by atoms with Gasteiger partial charge in [-0.15, -0.1) is 0 Å². The van der Waals surface area contributed by atoms with Gasteiger partial charge in [-0.1, -0.05) is 31.2 Å². The SMILES string of the molecule is C=C(CC)CC(N)Cc1cccc(F)c1F. The van der Waals surface area contributed by atoms with E-state index in [1.807, 2.05) is 6.92 Å². The largest absolute Gasteiger partial charge is 0.327 e. The highest BCUT2D eigenvalue weighted by molar-refractivity contribution is 5.20. The molecule has 0 fully saturated rings. The average molecular weight is 225 g/mol. The van der Waals surface area contributed by atoms with Crippen LogP contribution in [0.25, 0.3) is 0 Å². The molecule has 1 aromatic rings. The van der Waals surface area contributed by atoms with Crippen LogP contribution in [0.1, 0.15) is 25.3 Å². The number of hydrogen-bond donors (Lipinski definition) is 1. The Hall–Kier alpha value is -1.22. The van der Waals surface area contributed by atoms with Crippen LogP contribution in [0.2, 0.25) is 0 Å². The van der Waals surface area contributed by atoms with Crippen molar-refractivity contribution in [1.82, 2.24) is 0 Å². The van der Waals surface area contributed by atoms with Crippen molar-refractivity contribution in [2.75, 3.05) is 0 Å². The summed E-state index contributed by atoms with van der Waals surface area (Å²) in [4.78, 5) is 0. The van der Waals surface area contributed by atoms with E-state index in [0.29, 0.717) is 18.4 Å². The Morgan fingerprint density at radius 2 is 2.12 bits per heavy atom. The molecule has 0 aliphatic carbocycles. The maximum absolute atomic E-state index is 13.3. The molecule has 16 heavy (non-hydrogen) atoms. The van der Waals surface area contributed by atoms with Crippen LogP contribution in [0.4, 0.5) is 8.78 Å². The van der Waals surface area contributed by atoms with E-state index < -0.39 is 11.6 Å². The van der Waals surface area contributed by atoms with Gasteiger partial charge >= 0.3 is 0 Å². The lowest BCUT2D eigenvalue weighted by Gasteiger charge is -2.13. The van der Waals surface area contributed by atoms with Crippen LogP contribution in [0.3, 0.4) is 0 Å². The molecule has 2 N–H and O–H groups in total. The van der Waals surface area contributed by atoms with E-state index in [1.54, 1.807) is 6.07 Å². The van der Waals surface area contributed by atoms with Gasteiger partial charge in [-0.05, 0) is 30.9 Å². The van der Waals surface area contributed by atoms with E-state index in [-0.39, 0.29) is 6.04 Å². The first-order valence-electron chi connectivity index (χ1n) is 5.39. The monoisotopic (exact) mass is 225 g/mol. The minimum atomic E-state index is -0.820. The van der Waals surface area contributed by atoms with E-state index in [0.717, 1.165) is 18.1 Å². The van der Waals surface area contributed by atoms with Crippen molar-refractivity contribution in [3.8, 4) is 0 Å². The maximum atomic E-state index is 13.3. The molecule has 1 atom stereocenters. The summed E-state index contributed by atoms with van der Waals surface area (Å²) in [6, 6.07) is 3.96. The van der Waals surface area contributed by atoms with Crippen LogP contribution in [0.15, 0.2) is 30.4 Å². The highest BCUT2D eigenvalue weighted by atomic mass is 19.2. The molecule has 0 aliphatic heterocycles. The van der Waals surface area contributed by atoms with Crippen LogP contribution < -0.4 is 5.73 Å². The van der Waals surface area contributed by atoms with E-state index >= 15 is 0 Å². The normalized spacial score (nSPS) is 12.5. The van der Waals surface area contributed by atoms with Crippen molar-refractivity contribution in [2.45, 2.75) is 32.2 Å². The Bertz CT molecular complexity index is 374. The number of benzene rings is 1. The van der Waals surface area contributed by atoms with Crippen molar-refractivity contribution in [1.29, 1.82) is 0 Å². The predicted molar refractivity (Wildman–Crippen MR) is 62.1 cm³/mol. The summed E-state index contributed by atoms with van der Waals surface area (Å²) in [5.74, 6) is -1.61. The van der Waals surface area contributed by atoms with Gasteiger partial charge in [-0.2, -0.15) is 0 Å². The molecule has 0 bridgehead atoms. The maximum Gasteiger partial charge on any atom is 0.162 e. The molecule has 0 saturated heterocycles. The zero-order valence-corrected chi connectivity index (χ0v) is 9.47. The minimum Gasteiger partial charge on any atom is -0.327 e. The van der Waals surface area contributed by atoms with Crippen LogP contribution in [-0.4, -0.2) is 6.04 Å². The van der Waals surface area contributed by atoms with Gasteiger partial charge < -0.3 is 5.73 Å². The Kier molecular flexibility index (Phi) is 4.62. The lowest BCUT2D eigenvalue weighted by Crippen LogP contribution is -2.23. The third-order valence-electron chi connectivity index (χ3n) is 2.56. The second kappa shape index (κ2) is 5.75. The fraction of sp³-hybridized carbons (Fsp3) is 0.385. The topological polar surface area (TPSA) is 26.0 Å². The van der Waals surface area contributed by atoms with Crippen LogP contribution in [0.5, 0.6) is 0 Å². The van der Waals surface area contributed by atoms with E-state index in [2.05, 4.69) is 6.58 Å². The van der Waals surface area contributed by atoms with Gasteiger partial charge in [0, 0.05) is 6.04 Å². The highest BCUT2D eigenvalue weighted by Gasteiger charge is 2.11. The summed E-state index contributed by atoms with van der Waals surface area (Å²) >= 11 is 0. The lowest BCUT2D eigenvalue weighted by molar-refractivity contribution is 0.492. The quantitative estimate of drug-likeness (QED) is 0.765. The van der Waals surface area contributed by atoms with Gasteiger partial charge in [0.2, 0.25) is 0 Å². The third kappa shape index (κ3) is 3.42. The predicted octanol–water partition coefficient (Wildman–Crippen LogP) is 3.19. The van der Waals surface area contributed by atoms with Gasteiger partial charge in [-0.25, -0.2) is 8.78 Å². The standard InChI is InChI=1S/C13H17F2N/c1-3-9(2)7-11(16)8-10-5-4-6-12(14)13(10)15/h4-6,11H,2-3,7-8,16H2,1H3. The third-order valence-corrected chi connectivity index (χ3v) is 2.56. The molecule has 1 unspecified atom stereocenters. The molecule has 0 spiro atoms. The first kappa shape index (κ1) is 12.8. The molecule has 1 nitrogen and oxygen atoms in total. The van der Waals surface area contributed by atoms with Crippen molar-refractivity contribution in [3.05, 3.63) is 47.5 Å². The number of halogens is 2. The summed E-state index contributed by atoms with van der Waals surface area (Å²) < 4.78 is 26.3. The van der Waals surface area contributed by atoms with E-state index in [4.69, 9.17) is 5.73 Å². The molecule has 88 valence electrons. The van der Waals surface area contributed by atoms with Gasteiger partial charge in [0.25, 0.3) is 0 Å². The molecule has 1 aromatic carbocycles. The first-order chi connectivity index (χ1) is 7.54. The van der Waals surface area contributed by atoms with Crippen molar-refractivity contribution < 1.29 is 8.78 Å². The Balaban J connectivity index is 2.66. The molecule has 0 heterocycles. The molecular weight excluding hydrogens is 208 g/mol. The summed E-state index contributed by atoms with van der Waals surface area (Å²) in [6.07, 6.45) is 1.84. The Labute approximate surface area is 95.0 Å². The molecule has 0 radical (unpaired) electrons. The van der Waals surface area contributed by atoms with Crippen LogP contribution >= 0.6 is 0 Å². The summed E-state index contributed by atoms with van der Waals surface area (Å²) in [7, 11) is 0. The number of rotatable bonds is 5. The fourth-order valence-corrected chi connectivity index (χ4v) is 1.58. The van der Waals surface area contributed by atoms with Crippen molar-refractivity contribution >= 4 is 0 Å². The van der Waals surface area contributed by atoms with E-state index in [1.165, 1.54) is 6.07 Å². The molecule has 3 heteroatoms. The zero-order chi connectivity index (χ0) is 12.1. The zero-order valence-electron chi connectivity index (χ0n) is 9.47. The minimum absolute atomic E-state index is 0.205. The molecule has 1 rings (SSSR count). The smallest absolute Gasteiger partial charge is 0.162 e. The molecular formula is C13H17F2N. The fourth-order valence-electron chi connectivity index (χ4n) is 1.58. The summed E-state index contributed by atoms with van der Waals surface area (Å²) in [6.45, 7) is 5.84. The second-order valence-electron chi connectivity index (χ2n) is 3.98. The van der Waals surface area contributed by atoms with Gasteiger partial charge in [0.15, 0.2) is 11.6 Å². The average Bonchev–Trinajstić information content (AvgIpc) is 2.24. The van der Waals surface area contributed by atoms with Gasteiger partial charge in [0.1, 0.15) is 0 Å². The van der Waals surface area contributed by atoms with Crippen LogP contribution in [-0.2, 0) is 6.42 Å². The molecule has 0 aromatic heterocycles. The molecule has 0 saturated carbocycles. The van der Waals surface area contributed by atoms with Crippen molar-refractivity contribution in [3.63, 3.8) is 0 Å². The molecule has 0 amide bonds. The summed E-state index contributed by atoms with van der Waals surface area (Å²) in [5.41, 5.74) is 7.21. The second-order valence-corrected chi connectivity index (χ2v) is 3.98.